The van der Waals surface area contributed by atoms with E-state index in [0.29, 0.717) is 93.2 Å². The van der Waals surface area contributed by atoms with E-state index in [4.69, 9.17) is 0 Å². The zero-order chi connectivity index (χ0) is 55.3. The summed E-state index contributed by atoms with van der Waals surface area (Å²) in [6.07, 6.45) is 0. The molecule has 4 unspecified atom stereocenters. The Morgan fingerprint density at radius 3 is 1.00 bits per heavy atom. The van der Waals surface area contributed by atoms with E-state index in [9.17, 15) is 29.4 Å². The van der Waals surface area contributed by atoms with Gasteiger partial charge in [0.15, 0.2) is 12.1 Å². The molecule has 7 aromatic rings. The van der Waals surface area contributed by atoms with Gasteiger partial charge in [0.2, 0.25) is 11.8 Å². The van der Waals surface area contributed by atoms with Gasteiger partial charge in [-0.3, -0.25) is 28.8 Å². The summed E-state index contributed by atoms with van der Waals surface area (Å²) in [7, 11) is 0. The predicted octanol–water partition coefficient (Wildman–Crippen LogP) is 12.5. The molecule has 0 spiro atoms. The third-order valence-electron chi connectivity index (χ3n) is 14.8. The van der Waals surface area contributed by atoms with Crippen molar-refractivity contribution in [3.63, 3.8) is 0 Å². The van der Waals surface area contributed by atoms with Gasteiger partial charge in [-0.2, -0.15) is 0 Å². The van der Waals surface area contributed by atoms with Crippen molar-refractivity contribution in [3.05, 3.63) is 128 Å². The first-order valence-electron chi connectivity index (χ1n) is 25.1. The van der Waals surface area contributed by atoms with E-state index in [1.54, 1.807) is 55.5 Å². The minimum absolute atomic E-state index is 0.250. The Kier molecular flexibility index (Phi) is 14.6. The van der Waals surface area contributed by atoms with Crippen LogP contribution < -0.4 is 20.4 Å². The number of nitrogens with one attached hydrogen (secondary N) is 2. The number of carboxylic acids is 2. The first kappa shape index (κ1) is 54.2. The molecule has 9 rings (SSSR count). The molecular weight excluding hydrogens is 1160 g/mol. The predicted molar refractivity (Wildman–Crippen MR) is 306 cm³/mol. The van der Waals surface area contributed by atoms with E-state index in [1.165, 1.54) is 9.80 Å². The Bertz CT molecular complexity index is 3280. The van der Waals surface area contributed by atoms with Gasteiger partial charge in [0.1, 0.15) is 4.83 Å². The van der Waals surface area contributed by atoms with Crippen molar-refractivity contribution in [2.24, 2.45) is 5.92 Å². The number of alkyl halides is 3. The fourth-order valence-corrected chi connectivity index (χ4v) is 11.6. The molecular formula is C59H55Br3N4O10. The number of nitrogens with zero attached hydrogens (tertiary/aromatic N) is 2. The van der Waals surface area contributed by atoms with E-state index in [1.807, 2.05) is 79.7 Å². The second-order valence-electron chi connectivity index (χ2n) is 21.0. The fraction of sp³-hybridized carbons (Fsp3) is 0.322. The summed E-state index contributed by atoms with van der Waals surface area (Å²) in [6.45, 7) is 16.9. The largest absolute Gasteiger partial charge is 0.479 e. The second kappa shape index (κ2) is 20.4. The highest BCUT2D eigenvalue weighted by atomic mass is 79.9. The first-order chi connectivity index (χ1) is 35.9. The SMILES string of the molecule is CC(CBr)C(=O)NC(C(=O)O)c1cc(C(C)C)c(N2C(=O)c3ccc4c5ccc6c7c(ccc(c8ccc(c3c48)C2=O)c75)C(=O)N(c2c(C(C)C)cc(C(NC(=O)C(Br)CBr)C(=O)O)cc2C(C)C)C6=O)c(C(C)C)c1. The van der Waals surface area contributed by atoms with Crippen molar-refractivity contribution < 1.29 is 48.6 Å². The molecule has 0 aromatic heterocycles. The lowest BCUT2D eigenvalue weighted by molar-refractivity contribution is -0.142. The molecule has 4 N–H and O–H groups in total. The summed E-state index contributed by atoms with van der Waals surface area (Å²) in [6, 6.07) is 18.0. The normalized spacial score (nSPS) is 15.3. The highest BCUT2D eigenvalue weighted by Crippen LogP contribution is 2.50. The third-order valence-corrected chi connectivity index (χ3v) is 18.0. The maximum atomic E-state index is 15.2. The monoisotopic (exact) mass is 1220 g/mol. The molecule has 6 amide bonds. The number of anilines is 2. The number of benzene rings is 7. The summed E-state index contributed by atoms with van der Waals surface area (Å²) >= 11 is 9.83. The fourth-order valence-electron chi connectivity index (χ4n) is 10.9. The number of rotatable bonds is 16. The smallest absolute Gasteiger partial charge is 0.330 e. The zero-order valence-corrected chi connectivity index (χ0v) is 47.9. The number of halogens is 3. The van der Waals surface area contributed by atoms with Crippen molar-refractivity contribution in [1.29, 1.82) is 0 Å². The van der Waals surface area contributed by atoms with Gasteiger partial charge in [0.25, 0.3) is 23.6 Å². The summed E-state index contributed by atoms with van der Waals surface area (Å²) in [4.78, 5) is 114. The molecule has 7 aromatic carbocycles. The lowest BCUT2D eigenvalue weighted by Crippen LogP contribution is -2.42. The maximum Gasteiger partial charge on any atom is 0.330 e. The molecule has 2 heterocycles. The van der Waals surface area contributed by atoms with E-state index in [2.05, 4.69) is 58.4 Å². The number of hydrogen-bond donors (Lipinski definition) is 4. The van der Waals surface area contributed by atoms with Gasteiger partial charge in [-0.15, -0.1) is 0 Å². The van der Waals surface area contributed by atoms with Crippen LogP contribution in [-0.2, 0) is 19.2 Å². The number of amides is 6. The van der Waals surface area contributed by atoms with Gasteiger partial charge in [-0.05, 0) is 114 Å². The van der Waals surface area contributed by atoms with Gasteiger partial charge in [-0.1, -0.05) is 159 Å². The molecule has 2 aliphatic rings. The molecule has 0 aliphatic carbocycles. The molecule has 4 atom stereocenters. The minimum atomic E-state index is -1.42. The highest BCUT2D eigenvalue weighted by Gasteiger charge is 2.42. The Morgan fingerprint density at radius 2 is 0.750 bits per heavy atom. The molecule has 0 saturated heterocycles. The highest BCUT2D eigenvalue weighted by molar-refractivity contribution is 9.12. The number of carbonyl (C=O) groups excluding carboxylic acids is 6. The number of imide groups is 2. The van der Waals surface area contributed by atoms with E-state index in [0.717, 1.165) is 0 Å². The van der Waals surface area contributed by atoms with E-state index < -0.39 is 70.2 Å². The molecule has 0 bridgehead atoms. The van der Waals surface area contributed by atoms with Crippen molar-refractivity contribution in [1.82, 2.24) is 10.6 Å². The van der Waals surface area contributed by atoms with Crippen LogP contribution in [0.1, 0.15) is 173 Å². The Labute approximate surface area is 463 Å². The van der Waals surface area contributed by atoms with Crippen molar-refractivity contribution >= 4 is 150 Å². The van der Waals surface area contributed by atoms with Crippen LogP contribution in [0.2, 0.25) is 0 Å². The van der Waals surface area contributed by atoms with Gasteiger partial charge in [0, 0.05) is 49.6 Å². The molecule has 0 fully saturated rings. The van der Waals surface area contributed by atoms with Crippen molar-refractivity contribution in [3.8, 4) is 0 Å². The number of carbonyl (C=O) groups is 8. The first-order valence-corrected chi connectivity index (χ1v) is 28.3. The maximum absolute atomic E-state index is 15.2. The lowest BCUT2D eigenvalue weighted by atomic mass is 9.81. The van der Waals surface area contributed by atoms with Crippen LogP contribution in [0, 0.1) is 5.92 Å². The third kappa shape index (κ3) is 8.66. The standard InChI is InChI=1S/C59H55Br3N4O10/c1-24(2)39-18-29(48(58(73)74)63-52(67)28(9)22-60)19-40(25(3)4)50(39)65-54(69)35-14-10-31-33-12-16-37-47-38(17-13-34(45(33)47)32-11-15-36(55(65)70)46(35)44(31)32)57(72)66(56(37)71)51-41(26(5)6)20-30(21-42(51)27(7)8)49(59(75)76)64-53(68)43(62)23-61/h10-21,24-28,43,48-49H,22-23H2,1-9H3,(H,63,67)(H,64,68)(H,73,74)(H,75,76). The van der Waals surface area contributed by atoms with Crippen LogP contribution in [0.3, 0.4) is 0 Å². The van der Waals surface area contributed by atoms with Crippen LogP contribution >= 0.6 is 47.8 Å². The topological polar surface area (TPSA) is 208 Å². The number of carboxylic acid groups (broad SMARTS) is 2. The van der Waals surface area contributed by atoms with Crippen LogP contribution in [0.15, 0.2) is 72.8 Å². The number of fused-ring (bicyclic) bond motifs is 2. The summed E-state index contributed by atoms with van der Waals surface area (Å²) in [5.41, 5.74) is 4.69. The molecule has 392 valence electrons. The quantitative estimate of drug-likeness (QED) is 0.0311. The van der Waals surface area contributed by atoms with Gasteiger partial charge < -0.3 is 20.8 Å². The van der Waals surface area contributed by atoms with E-state index in [-0.39, 0.29) is 51.3 Å². The van der Waals surface area contributed by atoms with E-state index >= 15 is 19.2 Å². The van der Waals surface area contributed by atoms with Crippen LogP contribution in [0.4, 0.5) is 11.4 Å². The van der Waals surface area contributed by atoms with Crippen LogP contribution in [-0.4, -0.2) is 73.1 Å². The Morgan fingerprint density at radius 1 is 0.461 bits per heavy atom. The summed E-state index contributed by atoms with van der Waals surface area (Å²) < 4.78 is 0. The Balaban J connectivity index is 1.18. The lowest BCUT2D eigenvalue weighted by Gasteiger charge is -2.34. The summed E-state index contributed by atoms with van der Waals surface area (Å²) in [5, 5.41) is 31.7. The average Bonchev–Trinajstić information content (AvgIpc) is 3.54. The van der Waals surface area contributed by atoms with Gasteiger partial charge in [0.05, 0.1) is 11.4 Å². The van der Waals surface area contributed by atoms with Crippen molar-refractivity contribution in [2.75, 3.05) is 20.5 Å². The van der Waals surface area contributed by atoms with Crippen LogP contribution in [0.5, 0.6) is 0 Å². The second-order valence-corrected chi connectivity index (χ2v) is 23.4. The van der Waals surface area contributed by atoms with Gasteiger partial charge >= 0.3 is 11.9 Å². The molecule has 14 nitrogen and oxygen atoms in total. The molecule has 76 heavy (non-hydrogen) atoms. The minimum Gasteiger partial charge on any atom is -0.479 e. The zero-order valence-electron chi connectivity index (χ0n) is 43.1. The molecule has 2 aliphatic heterocycles. The van der Waals surface area contributed by atoms with Crippen molar-refractivity contribution in [2.45, 2.75) is 103 Å². The number of aliphatic carboxylic acids is 2. The summed E-state index contributed by atoms with van der Waals surface area (Å²) in [5.74, 6) is -7.43. The van der Waals surface area contributed by atoms with Gasteiger partial charge in [-0.25, -0.2) is 19.4 Å². The molecule has 0 radical (unpaired) electrons. The average molecular weight is 1220 g/mol. The number of hydrogen-bond acceptors (Lipinski definition) is 8. The molecule has 0 saturated carbocycles. The van der Waals surface area contributed by atoms with Crippen LogP contribution in [0.25, 0.3) is 43.1 Å². The Hall–Kier alpha value is -6.56. The molecule has 17 heteroatoms.